The molecule has 0 aliphatic heterocycles. The first-order valence-electron chi connectivity index (χ1n) is 7.06. The van der Waals surface area contributed by atoms with Crippen LogP contribution in [0.3, 0.4) is 0 Å². The highest BCUT2D eigenvalue weighted by atomic mass is 15.2. The van der Waals surface area contributed by atoms with E-state index in [1.54, 1.807) is 0 Å². The number of hydrogen-bond donors (Lipinski definition) is 1. The summed E-state index contributed by atoms with van der Waals surface area (Å²) in [5.41, 5.74) is 2.33. The van der Waals surface area contributed by atoms with Crippen LogP contribution >= 0.6 is 0 Å². The van der Waals surface area contributed by atoms with E-state index in [1.165, 1.54) is 10.9 Å². The van der Waals surface area contributed by atoms with Gasteiger partial charge < -0.3 is 10.2 Å². The van der Waals surface area contributed by atoms with Crippen molar-refractivity contribution in [3.05, 3.63) is 48.6 Å². The normalized spacial score (nSPS) is 11.0. The maximum Gasteiger partial charge on any atom is 0.129 e. The highest BCUT2D eigenvalue weighted by Crippen LogP contribution is 2.22. The molecule has 0 bridgehead atoms. The molecule has 0 aliphatic rings. The van der Waals surface area contributed by atoms with Crippen LogP contribution in [-0.4, -0.2) is 24.6 Å². The van der Waals surface area contributed by atoms with Crippen molar-refractivity contribution in [1.29, 1.82) is 0 Å². The molecule has 0 spiro atoms. The van der Waals surface area contributed by atoms with E-state index in [-0.39, 0.29) is 0 Å². The third-order valence-electron chi connectivity index (χ3n) is 3.28. The van der Waals surface area contributed by atoms with Gasteiger partial charge in [-0.1, -0.05) is 38.1 Å². The van der Waals surface area contributed by atoms with Crippen molar-refractivity contribution in [1.82, 2.24) is 10.3 Å². The summed E-state index contributed by atoms with van der Waals surface area (Å²) in [6.07, 6.45) is 1.89. The molecule has 0 unspecified atom stereocenters. The molecule has 0 amide bonds. The highest BCUT2D eigenvalue weighted by Gasteiger charge is 2.08. The summed E-state index contributed by atoms with van der Waals surface area (Å²) >= 11 is 0. The fourth-order valence-electron chi connectivity index (χ4n) is 2.18. The predicted molar refractivity (Wildman–Crippen MR) is 87.2 cm³/mol. The van der Waals surface area contributed by atoms with Gasteiger partial charge in [-0.05, 0) is 17.7 Å². The second-order valence-corrected chi connectivity index (χ2v) is 5.36. The van der Waals surface area contributed by atoms with Crippen molar-refractivity contribution in [2.24, 2.45) is 0 Å². The Balaban J connectivity index is 2.43. The molecule has 106 valence electrons. The van der Waals surface area contributed by atoms with Gasteiger partial charge in [0, 0.05) is 31.6 Å². The van der Waals surface area contributed by atoms with Crippen LogP contribution in [-0.2, 0) is 6.54 Å². The molecule has 0 atom stereocenters. The number of anilines is 1. The number of nitrogens with one attached hydrogen (secondary N) is 1. The first-order chi connectivity index (χ1) is 9.61. The molecule has 3 heteroatoms. The van der Waals surface area contributed by atoms with Gasteiger partial charge in [0.25, 0.3) is 0 Å². The number of rotatable bonds is 6. The number of benzene rings is 1. The monoisotopic (exact) mass is 269 g/mol. The lowest BCUT2D eigenvalue weighted by Crippen LogP contribution is -2.23. The second-order valence-electron chi connectivity index (χ2n) is 5.36. The molecule has 20 heavy (non-hydrogen) atoms. The van der Waals surface area contributed by atoms with E-state index in [0.717, 1.165) is 24.4 Å². The third kappa shape index (κ3) is 3.36. The van der Waals surface area contributed by atoms with Gasteiger partial charge in [-0.2, -0.15) is 0 Å². The van der Waals surface area contributed by atoms with E-state index in [9.17, 15) is 0 Å². The van der Waals surface area contributed by atoms with Gasteiger partial charge in [0.2, 0.25) is 0 Å². The van der Waals surface area contributed by atoms with E-state index in [0.29, 0.717) is 6.04 Å². The maximum atomic E-state index is 4.73. The Morgan fingerprint density at radius 2 is 2.10 bits per heavy atom. The van der Waals surface area contributed by atoms with Crippen LogP contribution in [0.1, 0.15) is 19.4 Å². The summed E-state index contributed by atoms with van der Waals surface area (Å²) in [5.74, 6) is 0.990. The molecule has 1 N–H and O–H groups in total. The van der Waals surface area contributed by atoms with E-state index < -0.39 is 0 Å². The molecule has 3 nitrogen and oxygen atoms in total. The van der Waals surface area contributed by atoms with Crippen LogP contribution in [0.15, 0.2) is 43.0 Å². The van der Waals surface area contributed by atoms with Crippen molar-refractivity contribution < 1.29 is 0 Å². The summed E-state index contributed by atoms with van der Waals surface area (Å²) in [4.78, 5) is 6.84. The van der Waals surface area contributed by atoms with Gasteiger partial charge in [0.15, 0.2) is 0 Å². The van der Waals surface area contributed by atoms with Crippen LogP contribution < -0.4 is 10.2 Å². The topological polar surface area (TPSA) is 28.2 Å². The van der Waals surface area contributed by atoms with E-state index >= 15 is 0 Å². The highest BCUT2D eigenvalue weighted by molar-refractivity contribution is 5.84. The summed E-state index contributed by atoms with van der Waals surface area (Å²) in [7, 11) is 2.04. The van der Waals surface area contributed by atoms with Crippen molar-refractivity contribution in [3.63, 3.8) is 0 Å². The number of aromatic nitrogens is 1. The molecular formula is C17H23N3. The Morgan fingerprint density at radius 3 is 2.80 bits per heavy atom. The Kier molecular flexibility index (Phi) is 4.74. The van der Waals surface area contributed by atoms with Crippen LogP contribution in [0, 0.1) is 0 Å². The fourth-order valence-corrected chi connectivity index (χ4v) is 2.18. The Morgan fingerprint density at radius 1 is 1.35 bits per heavy atom. The largest absolute Gasteiger partial charge is 0.356 e. The zero-order valence-electron chi connectivity index (χ0n) is 12.6. The minimum Gasteiger partial charge on any atom is -0.356 e. The summed E-state index contributed by atoms with van der Waals surface area (Å²) in [6.45, 7) is 9.76. The van der Waals surface area contributed by atoms with Gasteiger partial charge in [-0.15, -0.1) is 6.58 Å². The SMILES string of the molecule is C=CCN(C)c1cc(CNC(C)C)c2ccccc2n1. The quantitative estimate of drug-likeness (QED) is 0.815. The zero-order chi connectivity index (χ0) is 14.5. The lowest BCUT2D eigenvalue weighted by Gasteiger charge is -2.19. The first kappa shape index (κ1) is 14.5. The average molecular weight is 269 g/mol. The molecule has 0 aliphatic carbocycles. The van der Waals surface area contributed by atoms with Crippen LogP contribution in [0.25, 0.3) is 10.9 Å². The Hall–Kier alpha value is -1.87. The molecule has 0 fully saturated rings. The summed E-state index contributed by atoms with van der Waals surface area (Å²) in [5, 5.41) is 4.70. The zero-order valence-corrected chi connectivity index (χ0v) is 12.6. The van der Waals surface area contributed by atoms with Gasteiger partial charge in [-0.3, -0.25) is 0 Å². The average Bonchev–Trinajstić information content (AvgIpc) is 2.44. The van der Waals surface area contributed by atoms with Gasteiger partial charge in [-0.25, -0.2) is 4.98 Å². The van der Waals surface area contributed by atoms with Gasteiger partial charge in [0.05, 0.1) is 5.52 Å². The van der Waals surface area contributed by atoms with E-state index in [2.05, 4.69) is 54.9 Å². The molecular weight excluding hydrogens is 246 g/mol. The van der Waals surface area contributed by atoms with Gasteiger partial charge in [0.1, 0.15) is 5.82 Å². The molecule has 2 rings (SSSR count). The molecule has 0 saturated heterocycles. The summed E-state index contributed by atoms with van der Waals surface area (Å²) in [6, 6.07) is 10.9. The van der Waals surface area contributed by atoms with Crippen LogP contribution in [0.4, 0.5) is 5.82 Å². The predicted octanol–water partition coefficient (Wildman–Crippen LogP) is 3.36. The third-order valence-corrected chi connectivity index (χ3v) is 3.28. The minimum atomic E-state index is 0.469. The van der Waals surface area contributed by atoms with Crippen molar-refractivity contribution in [2.75, 3.05) is 18.5 Å². The number of fused-ring (bicyclic) bond motifs is 1. The first-order valence-corrected chi connectivity index (χ1v) is 7.06. The molecule has 2 aromatic rings. The number of nitrogens with zero attached hydrogens (tertiary/aromatic N) is 2. The minimum absolute atomic E-state index is 0.469. The Labute approximate surface area is 121 Å². The van der Waals surface area contributed by atoms with Crippen molar-refractivity contribution in [3.8, 4) is 0 Å². The van der Waals surface area contributed by atoms with Gasteiger partial charge >= 0.3 is 0 Å². The second kappa shape index (κ2) is 6.53. The lowest BCUT2D eigenvalue weighted by molar-refractivity contribution is 0.590. The van der Waals surface area contributed by atoms with Crippen LogP contribution in [0.2, 0.25) is 0 Å². The standard InChI is InChI=1S/C17H23N3/c1-5-10-20(4)17-11-14(12-18-13(2)3)15-8-6-7-9-16(15)19-17/h5-9,11,13,18H,1,10,12H2,2-4H3. The molecule has 0 saturated carbocycles. The van der Waals surface area contributed by atoms with Crippen molar-refractivity contribution >= 4 is 16.7 Å². The van der Waals surface area contributed by atoms with Crippen LogP contribution in [0.5, 0.6) is 0 Å². The molecule has 1 aromatic heterocycles. The number of likely N-dealkylation sites (N-methyl/N-ethyl adjacent to an activating group) is 1. The number of hydrogen-bond acceptors (Lipinski definition) is 3. The molecule has 1 aromatic carbocycles. The molecule has 0 radical (unpaired) electrons. The lowest BCUT2D eigenvalue weighted by atomic mass is 10.1. The summed E-state index contributed by atoms with van der Waals surface area (Å²) < 4.78 is 0. The smallest absolute Gasteiger partial charge is 0.129 e. The van der Waals surface area contributed by atoms with E-state index in [1.807, 2.05) is 19.2 Å². The number of para-hydroxylation sites is 1. The fraction of sp³-hybridized carbons (Fsp3) is 0.353. The maximum absolute atomic E-state index is 4.73. The van der Waals surface area contributed by atoms with E-state index in [4.69, 9.17) is 4.98 Å². The Bertz CT molecular complexity index is 590. The number of pyridine rings is 1. The molecule has 1 heterocycles. The van der Waals surface area contributed by atoms with Crippen molar-refractivity contribution in [2.45, 2.75) is 26.4 Å².